The number of anilines is 1. The molecule has 142 valence electrons. The number of nitrogens with one attached hydrogen (secondary N) is 1. The largest absolute Gasteiger partial charge is 0.339 e. The third kappa shape index (κ3) is 4.11. The molecule has 3 rings (SSSR count). The van der Waals surface area contributed by atoms with E-state index in [1.807, 2.05) is 24.0 Å². The molecule has 1 saturated carbocycles. The number of para-hydroxylation sites is 1. The Morgan fingerprint density at radius 1 is 1.15 bits per heavy atom. The molecular formula is C22H32N2O2. The second kappa shape index (κ2) is 8.24. The lowest BCUT2D eigenvalue weighted by molar-refractivity contribution is -0.130. The Morgan fingerprint density at radius 3 is 2.50 bits per heavy atom. The van der Waals surface area contributed by atoms with Crippen LogP contribution < -0.4 is 5.32 Å². The number of benzene rings is 1. The van der Waals surface area contributed by atoms with Crippen molar-refractivity contribution in [2.24, 2.45) is 5.92 Å². The summed E-state index contributed by atoms with van der Waals surface area (Å²) in [5, 5.41) is 3.14. The van der Waals surface area contributed by atoms with Crippen LogP contribution in [0.3, 0.4) is 0 Å². The molecule has 1 aromatic carbocycles. The highest BCUT2D eigenvalue weighted by atomic mass is 16.2. The lowest BCUT2D eigenvalue weighted by Gasteiger charge is -2.27. The first kappa shape index (κ1) is 18.9. The van der Waals surface area contributed by atoms with Crippen molar-refractivity contribution in [1.29, 1.82) is 0 Å². The maximum Gasteiger partial charge on any atom is 0.229 e. The van der Waals surface area contributed by atoms with Crippen molar-refractivity contribution in [3.05, 3.63) is 29.3 Å². The van der Waals surface area contributed by atoms with Gasteiger partial charge < -0.3 is 10.2 Å². The van der Waals surface area contributed by atoms with Gasteiger partial charge in [-0.2, -0.15) is 0 Å². The number of rotatable bonds is 4. The number of hydrogen-bond acceptors (Lipinski definition) is 2. The minimum absolute atomic E-state index is 0.00864. The topological polar surface area (TPSA) is 49.4 Å². The van der Waals surface area contributed by atoms with Gasteiger partial charge in [-0.05, 0) is 36.8 Å². The number of nitrogens with zero attached hydrogens (tertiary/aromatic N) is 1. The van der Waals surface area contributed by atoms with Crippen molar-refractivity contribution in [2.45, 2.75) is 77.7 Å². The van der Waals surface area contributed by atoms with E-state index >= 15 is 0 Å². The molecule has 1 N–H and O–H groups in total. The maximum atomic E-state index is 12.9. The molecule has 4 nitrogen and oxygen atoms in total. The first-order valence-electron chi connectivity index (χ1n) is 10.2. The van der Waals surface area contributed by atoms with Crippen LogP contribution in [0, 0.1) is 12.8 Å². The highest BCUT2D eigenvalue weighted by Gasteiger charge is 2.38. The van der Waals surface area contributed by atoms with Crippen molar-refractivity contribution in [3.63, 3.8) is 0 Å². The Bertz CT molecular complexity index is 660. The molecule has 2 aliphatic rings. The zero-order chi connectivity index (χ0) is 18.7. The highest BCUT2D eigenvalue weighted by Crippen LogP contribution is 2.31. The lowest BCUT2D eigenvalue weighted by atomic mass is 9.97. The van der Waals surface area contributed by atoms with E-state index in [4.69, 9.17) is 0 Å². The summed E-state index contributed by atoms with van der Waals surface area (Å²) in [5.41, 5.74) is 3.16. The molecule has 26 heavy (non-hydrogen) atoms. The van der Waals surface area contributed by atoms with E-state index in [9.17, 15) is 9.59 Å². The molecule has 1 aliphatic carbocycles. The average Bonchev–Trinajstić information content (AvgIpc) is 2.82. The van der Waals surface area contributed by atoms with E-state index in [1.54, 1.807) is 0 Å². The standard InChI is InChI=1S/C22H32N2O2/c1-15(2)19-12-8-9-16(3)21(19)23-22(26)17-13-20(25)24(14-17)18-10-6-4-5-7-11-18/h8-9,12,15,17-18H,4-7,10-11,13-14H2,1-3H3,(H,23,26). The van der Waals surface area contributed by atoms with Crippen molar-refractivity contribution in [1.82, 2.24) is 4.90 Å². The van der Waals surface area contributed by atoms with Crippen LogP contribution in [-0.4, -0.2) is 29.3 Å². The third-order valence-electron chi connectivity index (χ3n) is 5.97. The van der Waals surface area contributed by atoms with Crippen LogP contribution in [0.5, 0.6) is 0 Å². The Hall–Kier alpha value is -1.84. The second-order valence-corrected chi connectivity index (χ2v) is 8.28. The number of carbonyl (C=O) groups is 2. The molecule has 2 fully saturated rings. The first-order chi connectivity index (χ1) is 12.5. The SMILES string of the molecule is Cc1cccc(C(C)C)c1NC(=O)C1CC(=O)N(C2CCCCCC2)C1. The number of likely N-dealkylation sites (tertiary alicyclic amines) is 1. The molecule has 0 bridgehead atoms. The summed E-state index contributed by atoms with van der Waals surface area (Å²) in [6, 6.07) is 6.48. The molecule has 0 radical (unpaired) electrons. The predicted molar refractivity (Wildman–Crippen MR) is 105 cm³/mol. The van der Waals surface area contributed by atoms with Crippen molar-refractivity contribution in [3.8, 4) is 0 Å². The van der Waals surface area contributed by atoms with Gasteiger partial charge in [0.2, 0.25) is 11.8 Å². The fraction of sp³-hybridized carbons (Fsp3) is 0.636. The summed E-state index contributed by atoms with van der Waals surface area (Å²) in [4.78, 5) is 27.4. The Balaban J connectivity index is 1.69. The van der Waals surface area contributed by atoms with Gasteiger partial charge in [0.15, 0.2) is 0 Å². The monoisotopic (exact) mass is 356 g/mol. The molecule has 1 aliphatic heterocycles. The fourth-order valence-electron chi connectivity index (χ4n) is 4.40. The van der Waals surface area contributed by atoms with E-state index in [2.05, 4.69) is 25.2 Å². The Morgan fingerprint density at radius 2 is 1.85 bits per heavy atom. The average molecular weight is 357 g/mol. The third-order valence-corrected chi connectivity index (χ3v) is 5.97. The number of carbonyl (C=O) groups excluding carboxylic acids is 2. The van der Waals surface area contributed by atoms with E-state index in [1.165, 1.54) is 25.7 Å². The van der Waals surface area contributed by atoms with Crippen molar-refractivity contribution in [2.75, 3.05) is 11.9 Å². The minimum atomic E-state index is -0.231. The number of hydrogen-bond donors (Lipinski definition) is 1. The van der Waals surface area contributed by atoms with Crippen LogP contribution in [-0.2, 0) is 9.59 Å². The highest BCUT2D eigenvalue weighted by molar-refractivity contribution is 5.98. The van der Waals surface area contributed by atoms with Gasteiger partial charge in [-0.3, -0.25) is 9.59 Å². The zero-order valence-corrected chi connectivity index (χ0v) is 16.4. The van der Waals surface area contributed by atoms with Crippen molar-refractivity contribution >= 4 is 17.5 Å². The quantitative estimate of drug-likeness (QED) is 0.800. The predicted octanol–water partition coefficient (Wildman–Crippen LogP) is 4.63. The van der Waals surface area contributed by atoms with Crippen LogP contribution in [0.4, 0.5) is 5.69 Å². The summed E-state index contributed by atoms with van der Waals surface area (Å²) >= 11 is 0. The molecule has 0 spiro atoms. The van der Waals surface area contributed by atoms with E-state index in [0.717, 1.165) is 29.7 Å². The lowest BCUT2D eigenvalue weighted by Crippen LogP contribution is -2.37. The molecule has 2 amide bonds. The van der Waals surface area contributed by atoms with Gasteiger partial charge in [-0.15, -0.1) is 0 Å². The summed E-state index contributed by atoms with van der Waals surface area (Å²) in [5.74, 6) is 0.264. The van der Waals surface area contributed by atoms with Gasteiger partial charge in [-0.1, -0.05) is 57.7 Å². The van der Waals surface area contributed by atoms with Crippen molar-refractivity contribution < 1.29 is 9.59 Å². The molecule has 0 aromatic heterocycles. The normalized spacial score (nSPS) is 21.9. The summed E-state index contributed by atoms with van der Waals surface area (Å²) in [6.45, 7) is 6.88. The van der Waals surface area contributed by atoms with Gasteiger partial charge in [-0.25, -0.2) is 0 Å². The molecule has 1 saturated heterocycles. The zero-order valence-electron chi connectivity index (χ0n) is 16.4. The van der Waals surface area contributed by atoms with Gasteiger partial charge >= 0.3 is 0 Å². The van der Waals surface area contributed by atoms with E-state index in [0.29, 0.717) is 24.9 Å². The summed E-state index contributed by atoms with van der Waals surface area (Å²) < 4.78 is 0. The number of aryl methyl sites for hydroxylation is 1. The van der Waals surface area contributed by atoms with Crippen LogP contribution in [0.15, 0.2) is 18.2 Å². The van der Waals surface area contributed by atoms with E-state index < -0.39 is 0 Å². The fourth-order valence-corrected chi connectivity index (χ4v) is 4.40. The molecule has 1 atom stereocenters. The Labute approximate surface area is 157 Å². The van der Waals surface area contributed by atoms with Gasteiger partial charge in [0.25, 0.3) is 0 Å². The minimum Gasteiger partial charge on any atom is -0.339 e. The van der Waals surface area contributed by atoms with Crippen LogP contribution >= 0.6 is 0 Å². The van der Waals surface area contributed by atoms with Gasteiger partial charge in [0.05, 0.1) is 5.92 Å². The maximum absolute atomic E-state index is 12.9. The summed E-state index contributed by atoms with van der Waals surface area (Å²) in [6.07, 6.45) is 7.48. The molecule has 1 aromatic rings. The van der Waals surface area contributed by atoms with Crippen LogP contribution in [0.2, 0.25) is 0 Å². The van der Waals surface area contributed by atoms with Gasteiger partial charge in [0, 0.05) is 24.7 Å². The molecular weight excluding hydrogens is 324 g/mol. The van der Waals surface area contributed by atoms with E-state index in [-0.39, 0.29) is 17.7 Å². The smallest absolute Gasteiger partial charge is 0.229 e. The second-order valence-electron chi connectivity index (χ2n) is 8.28. The number of amides is 2. The summed E-state index contributed by atoms with van der Waals surface area (Å²) in [7, 11) is 0. The molecule has 1 heterocycles. The van der Waals surface area contributed by atoms with Crippen LogP contribution in [0.25, 0.3) is 0 Å². The molecule has 1 unspecified atom stereocenters. The Kier molecular flexibility index (Phi) is 6.00. The molecule has 4 heteroatoms. The van der Waals surface area contributed by atoms with Crippen LogP contribution in [0.1, 0.15) is 75.8 Å². The first-order valence-corrected chi connectivity index (χ1v) is 10.2. The van der Waals surface area contributed by atoms with Gasteiger partial charge in [0.1, 0.15) is 0 Å².